The third-order valence-electron chi connectivity index (χ3n) is 4.28. The number of nitrogens with one attached hydrogen (secondary N) is 1. The topological polar surface area (TPSA) is 81.4 Å². The molecule has 0 unspecified atom stereocenters. The predicted octanol–water partition coefficient (Wildman–Crippen LogP) is 2.56. The van der Waals surface area contributed by atoms with Crippen LogP contribution in [0.5, 0.6) is 0 Å². The highest BCUT2D eigenvalue weighted by Crippen LogP contribution is 2.32. The third kappa shape index (κ3) is 3.10. The Kier molecular flexibility index (Phi) is 4.14. The van der Waals surface area contributed by atoms with Gasteiger partial charge in [0.25, 0.3) is 0 Å². The number of anilines is 1. The van der Waals surface area contributed by atoms with E-state index in [9.17, 15) is 8.42 Å². The van der Waals surface area contributed by atoms with Gasteiger partial charge < -0.3 is 10.1 Å². The van der Waals surface area contributed by atoms with Crippen LogP contribution in [0.4, 0.5) is 5.69 Å². The summed E-state index contributed by atoms with van der Waals surface area (Å²) >= 11 is 0. The van der Waals surface area contributed by atoms with Crippen molar-refractivity contribution >= 4 is 15.7 Å². The summed E-state index contributed by atoms with van der Waals surface area (Å²) in [6.07, 6.45) is 0. The van der Waals surface area contributed by atoms with Gasteiger partial charge in [-0.05, 0) is 54.3 Å². The lowest BCUT2D eigenvalue weighted by atomic mass is 9.95. The monoisotopic (exact) mass is 332 g/mol. The van der Waals surface area contributed by atoms with E-state index in [-0.39, 0.29) is 4.90 Å². The summed E-state index contributed by atoms with van der Waals surface area (Å²) in [4.78, 5) is 0.179. The minimum atomic E-state index is -3.70. The Morgan fingerprint density at radius 3 is 2.65 bits per heavy atom. The zero-order chi connectivity index (χ0) is 16.6. The number of fused-ring (bicyclic) bond motifs is 1. The van der Waals surface area contributed by atoms with Crippen LogP contribution in [0, 0.1) is 13.8 Å². The first-order chi connectivity index (χ1) is 10.9. The molecule has 1 aliphatic rings. The van der Waals surface area contributed by atoms with Crippen molar-refractivity contribution in [3.63, 3.8) is 0 Å². The first kappa shape index (κ1) is 16.0. The standard InChI is InChI=1S/C17H20N2O3S/c1-11-12(2)17(23(18,20)21)6-4-15(11)13-3-5-16-14(9-13)10-22-8-7-19-16/h3-6,9,19H,7-8,10H2,1-2H3,(H2,18,20,21). The molecule has 0 atom stereocenters. The van der Waals surface area contributed by atoms with E-state index in [0.29, 0.717) is 18.8 Å². The van der Waals surface area contributed by atoms with Crippen molar-refractivity contribution in [1.29, 1.82) is 0 Å². The van der Waals surface area contributed by atoms with Gasteiger partial charge in [-0.15, -0.1) is 0 Å². The second-order valence-electron chi connectivity index (χ2n) is 5.76. The average Bonchev–Trinajstić information content (AvgIpc) is 2.73. The van der Waals surface area contributed by atoms with Gasteiger partial charge in [0.15, 0.2) is 0 Å². The highest BCUT2D eigenvalue weighted by atomic mass is 32.2. The quantitative estimate of drug-likeness (QED) is 0.885. The van der Waals surface area contributed by atoms with E-state index in [2.05, 4.69) is 11.4 Å². The van der Waals surface area contributed by atoms with E-state index in [0.717, 1.165) is 34.5 Å². The molecule has 3 rings (SSSR count). The molecule has 0 amide bonds. The fourth-order valence-electron chi connectivity index (χ4n) is 2.91. The van der Waals surface area contributed by atoms with Crippen LogP contribution >= 0.6 is 0 Å². The molecule has 23 heavy (non-hydrogen) atoms. The normalized spacial score (nSPS) is 14.7. The Bertz CT molecular complexity index is 860. The van der Waals surface area contributed by atoms with Crippen LogP contribution in [-0.2, 0) is 21.4 Å². The maximum absolute atomic E-state index is 11.6. The molecule has 1 heterocycles. The second-order valence-corrected chi connectivity index (χ2v) is 7.29. The van der Waals surface area contributed by atoms with E-state index in [1.54, 1.807) is 13.0 Å². The van der Waals surface area contributed by atoms with Gasteiger partial charge in [-0.1, -0.05) is 12.1 Å². The number of ether oxygens (including phenoxy) is 1. The molecule has 0 spiro atoms. The van der Waals surface area contributed by atoms with Gasteiger partial charge in [-0.2, -0.15) is 0 Å². The van der Waals surface area contributed by atoms with Crippen molar-refractivity contribution in [3.8, 4) is 11.1 Å². The molecular weight excluding hydrogens is 312 g/mol. The first-order valence-electron chi connectivity index (χ1n) is 7.46. The zero-order valence-electron chi connectivity index (χ0n) is 13.2. The van der Waals surface area contributed by atoms with Gasteiger partial charge in [-0.25, -0.2) is 13.6 Å². The summed E-state index contributed by atoms with van der Waals surface area (Å²) in [5.41, 5.74) is 5.84. The van der Waals surface area contributed by atoms with Crippen molar-refractivity contribution < 1.29 is 13.2 Å². The van der Waals surface area contributed by atoms with Crippen LogP contribution in [0.3, 0.4) is 0 Å². The summed E-state index contributed by atoms with van der Waals surface area (Å²) in [5, 5.41) is 8.61. The lowest BCUT2D eigenvalue weighted by molar-refractivity contribution is 0.135. The minimum Gasteiger partial charge on any atom is -0.382 e. The fraction of sp³-hybridized carbons (Fsp3) is 0.294. The molecule has 2 aromatic carbocycles. The van der Waals surface area contributed by atoms with Crippen LogP contribution in [0.1, 0.15) is 16.7 Å². The highest BCUT2D eigenvalue weighted by Gasteiger charge is 2.16. The third-order valence-corrected chi connectivity index (χ3v) is 5.33. The number of benzene rings is 2. The molecule has 0 saturated heterocycles. The Morgan fingerprint density at radius 1 is 1.13 bits per heavy atom. The summed E-state index contributed by atoms with van der Waals surface area (Å²) in [6.45, 7) is 5.76. The van der Waals surface area contributed by atoms with Gasteiger partial charge in [0, 0.05) is 17.8 Å². The fourth-order valence-corrected chi connectivity index (χ4v) is 3.75. The number of hydrogen-bond acceptors (Lipinski definition) is 4. The second kappa shape index (κ2) is 5.96. The number of nitrogens with two attached hydrogens (primary N) is 1. The Hall–Kier alpha value is -1.89. The maximum Gasteiger partial charge on any atom is 0.238 e. The molecule has 0 radical (unpaired) electrons. The number of primary sulfonamides is 1. The van der Waals surface area contributed by atoms with Gasteiger partial charge in [-0.3, -0.25) is 0 Å². The van der Waals surface area contributed by atoms with Gasteiger partial charge in [0.1, 0.15) is 0 Å². The molecule has 0 bridgehead atoms. The molecule has 0 saturated carbocycles. The highest BCUT2D eigenvalue weighted by molar-refractivity contribution is 7.89. The lowest BCUT2D eigenvalue weighted by Crippen LogP contribution is -2.14. The zero-order valence-corrected chi connectivity index (χ0v) is 14.0. The van der Waals surface area contributed by atoms with Crippen molar-refractivity contribution in [3.05, 3.63) is 47.0 Å². The Balaban J connectivity index is 2.09. The molecule has 0 aliphatic carbocycles. The van der Waals surface area contributed by atoms with E-state index in [1.807, 2.05) is 25.1 Å². The number of rotatable bonds is 2. The Morgan fingerprint density at radius 2 is 1.91 bits per heavy atom. The molecule has 1 aliphatic heterocycles. The molecular formula is C17H20N2O3S. The number of hydrogen-bond donors (Lipinski definition) is 2. The molecule has 0 fully saturated rings. The predicted molar refractivity (Wildman–Crippen MR) is 90.9 cm³/mol. The summed E-state index contributed by atoms with van der Waals surface area (Å²) in [5.74, 6) is 0. The van der Waals surface area contributed by atoms with Crippen molar-refractivity contribution in [2.75, 3.05) is 18.5 Å². The molecule has 2 aromatic rings. The smallest absolute Gasteiger partial charge is 0.238 e. The lowest BCUT2D eigenvalue weighted by Gasteiger charge is -2.14. The molecule has 3 N–H and O–H groups in total. The molecule has 6 heteroatoms. The largest absolute Gasteiger partial charge is 0.382 e. The van der Waals surface area contributed by atoms with Gasteiger partial charge >= 0.3 is 0 Å². The van der Waals surface area contributed by atoms with Crippen molar-refractivity contribution in [1.82, 2.24) is 0 Å². The SMILES string of the molecule is Cc1c(-c2ccc3c(c2)COCCN3)ccc(S(N)(=O)=O)c1C. The summed E-state index contributed by atoms with van der Waals surface area (Å²) < 4.78 is 28.8. The minimum absolute atomic E-state index is 0.179. The van der Waals surface area contributed by atoms with E-state index >= 15 is 0 Å². The van der Waals surface area contributed by atoms with Gasteiger partial charge in [0.2, 0.25) is 10.0 Å². The van der Waals surface area contributed by atoms with Crippen LogP contribution in [0.2, 0.25) is 0 Å². The summed E-state index contributed by atoms with van der Waals surface area (Å²) in [6, 6.07) is 9.56. The van der Waals surface area contributed by atoms with Crippen LogP contribution in [-0.4, -0.2) is 21.6 Å². The summed E-state index contributed by atoms with van der Waals surface area (Å²) in [7, 11) is -3.70. The average molecular weight is 332 g/mol. The van der Waals surface area contributed by atoms with Crippen LogP contribution in [0.25, 0.3) is 11.1 Å². The maximum atomic E-state index is 11.6. The first-order valence-corrected chi connectivity index (χ1v) is 9.00. The molecule has 0 aromatic heterocycles. The van der Waals surface area contributed by atoms with Crippen molar-refractivity contribution in [2.24, 2.45) is 5.14 Å². The van der Waals surface area contributed by atoms with E-state index in [4.69, 9.17) is 9.88 Å². The Labute approximate surface area is 136 Å². The molecule has 122 valence electrons. The van der Waals surface area contributed by atoms with E-state index < -0.39 is 10.0 Å². The van der Waals surface area contributed by atoms with Crippen LogP contribution in [0.15, 0.2) is 35.2 Å². The number of sulfonamides is 1. The van der Waals surface area contributed by atoms with Crippen LogP contribution < -0.4 is 10.5 Å². The van der Waals surface area contributed by atoms with Crippen molar-refractivity contribution in [2.45, 2.75) is 25.3 Å². The van der Waals surface area contributed by atoms with E-state index in [1.165, 1.54) is 0 Å². The molecule has 5 nitrogen and oxygen atoms in total. The van der Waals surface area contributed by atoms with Gasteiger partial charge in [0.05, 0.1) is 18.1 Å².